The van der Waals surface area contributed by atoms with Gasteiger partial charge in [0.2, 0.25) is 11.8 Å². The smallest absolute Gasteiger partial charge is 0.407 e. The van der Waals surface area contributed by atoms with Gasteiger partial charge in [-0.2, -0.15) is 0 Å². The van der Waals surface area contributed by atoms with Crippen molar-refractivity contribution in [3.63, 3.8) is 0 Å². The van der Waals surface area contributed by atoms with Crippen molar-refractivity contribution < 1.29 is 28.7 Å². The van der Waals surface area contributed by atoms with Crippen LogP contribution < -0.4 is 21.3 Å². The minimum absolute atomic E-state index is 0.0150. The maximum absolute atomic E-state index is 11.9. The summed E-state index contributed by atoms with van der Waals surface area (Å²) in [7, 11) is 0. The van der Waals surface area contributed by atoms with Crippen molar-refractivity contribution in [2.75, 3.05) is 26.2 Å². The monoisotopic (exact) mass is 646 g/mol. The fraction of sp³-hybridized carbons (Fsp3) is 0.778. The summed E-state index contributed by atoms with van der Waals surface area (Å²) >= 11 is 0. The minimum atomic E-state index is -0.530. The lowest BCUT2D eigenvalue weighted by Gasteiger charge is -2.19. The molecule has 0 fully saturated rings. The number of carbonyl (C=O) groups is 4. The summed E-state index contributed by atoms with van der Waals surface area (Å²) in [6, 6.07) is 0. The Hall–Kier alpha value is -3.40. The summed E-state index contributed by atoms with van der Waals surface area (Å²) in [4.78, 5) is 46.9. The Morgan fingerprint density at radius 3 is 1.11 bits per heavy atom. The average Bonchev–Trinajstić information content (AvgIpc) is 2.94. The molecule has 0 radical (unpaired) electrons. The normalized spacial score (nSPS) is 10.8. The van der Waals surface area contributed by atoms with E-state index in [1.54, 1.807) is 0 Å². The molecule has 4 amide bonds. The second kappa shape index (κ2) is 26.8. The number of ether oxygens (including phenoxy) is 2. The third-order valence-corrected chi connectivity index (χ3v) is 6.38. The predicted octanol–water partition coefficient (Wildman–Crippen LogP) is 6.52. The first-order valence-electron chi connectivity index (χ1n) is 17.2. The van der Waals surface area contributed by atoms with Gasteiger partial charge in [-0.05, 0) is 79.1 Å². The maximum Gasteiger partial charge on any atom is 0.407 e. The van der Waals surface area contributed by atoms with Crippen molar-refractivity contribution >= 4 is 24.0 Å². The third-order valence-electron chi connectivity index (χ3n) is 6.38. The van der Waals surface area contributed by atoms with E-state index in [2.05, 4.69) is 44.9 Å². The van der Waals surface area contributed by atoms with E-state index in [0.717, 1.165) is 89.9 Å². The molecule has 0 rings (SSSR count). The lowest BCUT2D eigenvalue weighted by Crippen LogP contribution is -2.37. The van der Waals surface area contributed by atoms with Gasteiger partial charge in [-0.25, -0.2) is 9.59 Å². The molecule has 262 valence electrons. The van der Waals surface area contributed by atoms with E-state index in [1.807, 2.05) is 41.5 Å². The Morgan fingerprint density at radius 1 is 0.457 bits per heavy atom. The molecule has 0 aliphatic heterocycles. The Kier molecular flexibility index (Phi) is 24.8. The van der Waals surface area contributed by atoms with Gasteiger partial charge < -0.3 is 30.7 Å². The fourth-order valence-corrected chi connectivity index (χ4v) is 4.16. The van der Waals surface area contributed by atoms with E-state index in [4.69, 9.17) is 9.47 Å². The number of hydrogen-bond donors (Lipinski definition) is 4. The highest BCUT2D eigenvalue weighted by Crippen LogP contribution is 2.10. The molecule has 10 heteroatoms. The van der Waals surface area contributed by atoms with Crippen LogP contribution in [0.3, 0.4) is 0 Å². The second-order valence-corrected chi connectivity index (χ2v) is 13.4. The Bertz CT molecular complexity index is 912. The number of unbranched alkanes of at least 4 members (excludes halogenated alkanes) is 12. The topological polar surface area (TPSA) is 135 Å². The van der Waals surface area contributed by atoms with Gasteiger partial charge in [0.15, 0.2) is 0 Å². The van der Waals surface area contributed by atoms with E-state index in [1.165, 1.54) is 0 Å². The van der Waals surface area contributed by atoms with Crippen molar-refractivity contribution in [2.45, 2.75) is 155 Å². The highest BCUT2D eigenvalue weighted by molar-refractivity contribution is 5.76. The molecule has 0 aromatic carbocycles. The molecule has 0 atom stereocenters. The van der Waals surface area contributed by atoms with Crippen LogP contribution in [0, 0.1) is 23.7 Å². The molecule has 46 heavy (non-hydrogen) atoms. The highest BCUT2D eigenvalue weighted by Gasteiger charge is 2.16. The second-order valence-electron chi connectivity index (χ2n) is 13.4. The Balaban J connectivity index is 3.49. The molecule has 4 N–H and O–H groups in total. The van der Waals surface area contributed by atoms with Gasteiger partial charge in [0.05, 0.1) is 0 Å². The molecular weight excluding hydrogens is 584 g/mol. The quantitative estimate of drug-likeness (QED) is 0.0782. The minimum Gasteiger partial charge on any atom is -0.444 e. The number of alkyl carbamates (subject to hydrolysis) is 2. The van der Waals surface area contributed by atoms with Gasteiger partial charge in [0.1, 0.15) is 11.2 Å². The number of carbonyl (C=O) groups excluding carboxylic acids is 4. The van der Waals surface area contributed by atoms with E-state index in [0.29, 0.717) is 39.0 Å². The van der Waals surface area contributed by atoms with Crippen molar-refractivity contribution in [1.82, 2.24) is 21.3 Å². The van der Waals surface area contributed by atoms with Crippen LogP contribution in [0.5, 0.6) is 0 Å². The molecule has 0 aliphatic carbocycles. The van der Waals surface area contributed by atoms with Gasteiger partial charge in [-0.1, -0.05) is 63.2 Å². The van der Waals surface area contributed by atoms with Crippen LogP contribution in [0.1, 0.15) is 144 Å². The zero-order valence-electron chi connectivity index (χ0n) is 29.6. The van der Waals surface area contributed by atoms with Crippen molar-refractivity contribution in [1.29, 1.82) is 0 Å². The SMILES string of the molecule is CC(C)(C)OC(=O)NCCNC(=O)CCCCCCCCC#CC#CCCCCCCCCC(=O)NCCNC(=O)OC(C)(C)C. The molecule has 0 bridgehead atoms. The molecule has 10 nitrogen and oxygen atoms in total. The van der Waals surface area contributed by atoms with E-state index >= 15 is 0 Å². The van der Waals surface area contributed by atoms with Crippen LogP contribution in [0.4, 0.5) is 9.59 Å². The van der Waals surface area contributed by atoms with Gasteiger partial charge in [0.25, 0.3) is 0 Å². The molecule has 0 heterocycles. The standard InChI is InChI=1S/C36H62N4O6/c1-35(2,3)45-33(43)39-29-27-37-31(41)25-23-21-19-17-15-13-11-9-7-8-10-12-14-16-18-20-22-24-26-32(42)38-28-30-40-34(44)46-36(4,5)6/h11-30H2,1-6H3,(H,37,41)(H,38,42)(H,39,43)(H,40,44). The molecule has 0 unspecified atom stereocenters. The number of nitrogens with one attached hydrogen (secondary N) is 4. The summed E-state index contributed by atoms with van der Waals surface area (Å²) in [5, 5.41) is 10.9. The molecule has 0 saturated carbocycles. The summed E-state index contributed by atoms with van der Waals surface area (Å²) in [6.45, 7) is 12.3. The lowest BCUT2D eigenvalue weighted by atomic mass is 10.1. The number of hydrogen-bond acceptors (Lipinski definition) is 6. The van der Waals surface area contributed by atoms with Crippen LogP contribution in [0.2, 0.25) is 0 Å². The predicted molar refractivity (Wildman–Crippen MR) is 184 cm³/mol. The summed E-state index contributed by atoms with van der Waals surface area (Å²) < 4.78 is 10.3. The molecule has 0 aliphatic rings. The first-order chi connectivity index (χ1) is 21.8. The van der Waals surface area contributed by atoms with Gasteiger partial charge >= 0.3 is 12.2 Å². The number of rotatable bonds is 22. The molecular formula is C36H62N4O6. The molecule has 0 aromatic heterocycles. The van der Waals surface area contributed by atoms with E-state index < -0.39 is 23.4 Å². The fourth-order valence-electron chi connectivity index (χ4n) is 4.16. The van der Waals surface area contributed by atoms with Crippen molar-refractivity contribution in [2.24, 2.45) is 0 Å². The van der Waals surface area contributed by atoms with Crippen LogP contribution in [0.15, 0.2) is 0 Å². The van der Waals surface area contributed by atoms with Crippen molar-refractivity contribution in [3.8, 4) is 23.7 Å². The molecule has 0 spiro atoms. The molecule has 0 saturated heterocycles. The zero-order chi connectivity index (χ0) is 34.5. The third kappa shape index (κ3) is 33.5. The zero-order valence-corrected chi connectivity index (χ0v) is 29.6. The first kappa shape index (κ1) is 42.6. The van der Waals surface area contributed by atoms with Crippen molar-refractivity contribution in [3.05, 3.63) is 0 Å². The largest absolute Gasteiger partial charge is 0.444 e. The van der Waals surface area contributed by atoms with Crippen LogP contribution in [-0.2, 0) is 19.1 Å². The summed E-state index contributed by atoms with van der Waals surface area (Å²) in [6.07, 6.45) is 14.6. The lowest BCUT2D eigenvalue weighted by molar-refractivity contribution is -0.122. The van der Waals surface area contributed by atoms with Gasteiger partial charge in [0, 0.05) is 51.9 Å². The molecule has 0 aromatic rings. The highest BCUT2D eigenvalue weighted by atomic mass is 16.6. The number of amides is 4. The Labute approximate surface area is 279 Å². The van der Waals surface area contributed by atoms with E-state index in [9.17, 15) is 19.2 Å². The van der Waals surface area contributed by atoms with E-state index in [-0.39, 0.29) is 11.8 Å². The first-order valence-corrected chi connectivity index (χ1v) is 17.2. The summed E-state index contributed by atoms with van der Waals surface area (Å²) in [5.74, 6) is 12.2. The Morgan fingerprint density at radius 2 is 0.761 bits per heavy atom. The van der Waals surface area contributed by atoms with Crippen LogP contribution in [0.25, 0.3) is 0 Å². The summed E-state index contributed by atoms with van der Waals surface area (Å²) in [5.41, 5.74) is -1.06. The van der Waals surface area contributed by atoms with Gasteiger partial charge in [-0.15, -0.1) is 0 Å². The van der Waals surface area contributed by atoms with Crippen LogP contribution >= 0.6 is 0 Å². The maximum atomic E-state index is 11.9. The average molecular weight is 647 g/mol. The van der Waals surface area contributed by atoms with Crippen LogP contribution in [-0.4, -0.2) is 61.4 Å². The van der Waals surface area contributed by atoms with Gasteiger partial charge in [-0.3, -0.25) is 9.59 Å².